The predicted molar refractivity (Wildman–Crippen MR) is 64.5 cm³/mol. The van der Waals surface area contributed by atoms with E-state index in [1.54, 1.807) is 6.07 Å². The first-order valence-electron chi connectivity index (χ1n) is 5.51. The van der Waals surface area contributed by atoms with Gasteiger partial charge in [-0.2, -0.15) is 10.1 Å². The summed E-state index contributed by atoms with van der Waals surface area (Å²) in [5.41, 5.74) is 7.08. The lowest BCUT2D eigenvalue weighted by atomic mass is 10.0. The molecule has 1 aromatic rings. The van der Waals surface area contributed by atoms with Crippen molar-refractivity contribution in [2.24, 2.45) is 16.8 Å². The van der Waals surface area contributed by atoms with Crippen LogP contribution < -0.4 is 10.7 Å². The van der Waals surface area contributed by atoms with Gasteiger partial charge in [0.05, 0.1) is 5.92 Å². The van der Waals surface area contributed by atoms with Crippen molar-refractivity contribution in [1.82, 2.24) is 9.97 Å². The Morgan fingerprint density at radius 3 is 2.82 bits per heavy atom. The summed E-state index contributed by atoms with van der Waals surface area (Å²) < 4.78 is 0. The van der Waals surface area contributed by atoms with Crippen LogP contribution in [0.25, 0.3) is 0 Å². The predicted octanol–water partition coefficient (Wildman–Crippen LogP) is 0.473. The number of nitrogens with zero attached hydrogens (tertiary/aromatic N) is 4. The Morgan fingerprint density at radius 2 is 2.18 bits per heavy atom. The van der Waals surface area contributed by atoms with Crippen LogP contribution in [0.15, 0.2) is 17.5 Å². The van der Waals surface area contributed by atoms with Gasteiger partial charge in [0, 0.05) is 17.5 Å². The van der Waals surface area contributed by atoms with E-state index in [9.17, 15) is 4.79 Å². The quantitative estimate of drug-likeness (QED) is 0.822. The highest BCUT2D eigenvalue weighted by Crippen LogP contribution is 2.23. The average molecular weight is 233 g/mol. The number of carbonyl (C=O) groups excluding carboxylic acids is 1. The van der Waals surface area contributed by atoms with Crippen LogP contribution in [0.1, 0.15) is 19.0 Å². The molecule has 1 amide bonds. The molecule has 0 saturated carbocycles. The van der Waals surface area contributed by atoms with Crippen molar-refractivity contribution < 1.29 is 4.79 Å². The first-order valence-corrected chi connectivity index (χ1v) is 5.51. The van der Waals surface area contributed by atoms with E-state index in [1.165, 1.54) is 11.3 Å². The number of nitrogens with two attached hydrogens (primary N) is 1. The molecule has 1 aliphatic rings. The largest absolute Gasteiger partial charge is 0.330 e. The lowest BCUT2D eigenvalue weighted by molar-refractivity contribution is -0.119. The van der Waals surface area contributed by atoms with Gasteiger partial charge in [-0.1, -0.05) is 0 Å². The summed E-state index contributed by atoms with van der Waals surface area (Å²) in [7, 11) is 0. The topological polar surface area (TPSA) is 84.5 Å². The molecule has 0 bridgehead atoms. The monoisotopic (exact) mass is 233 g/mol. The van der Waals surface area contributed by atoms with Gasteiger partial charge in [0.1, 0.15) is 6.33 Å². The third-order valence-corrected chi connectivity index (χ3v) is 2.73. The summed E-state index contributed by atoms with van der Waals surface area (Å²) in [6.07, 6.45) is 2.05. The second kappa shape index (κ2) is 4.58. The van der Waals surface area contributed by atoms with Crippen LogP contribution in [0, 0.1) is 12.8 Å². The molecule has 1 unspecified atom stereocenters. The zero-order valence-electron chi connectivity index (χ0n) is 9.92. The number of aryl methyl sites for hydroxylation is 1. The minimum atomic E-state index is -0.213. The maximum Gasteiger partial charge on any atom is 0.257 e. The number of anilines is 1. The molecule has 0 spiro atoms. The summed E-state index contributed by atoms with van der Waals surface area (Å²) in [5.74, 6) is 0.239. The Bertz CT molecular complexity index is 471. The SMILES string of the molecule is CC1=NN(c2cc(C)ncn2)C(=O)C1CCN. The third kappa shape index (κ3) is 2.16. The van der Waals surface area contributed by atoms with Crippen molar-refractivity contribution in [3.63, 3.8) is 0 Å². The molecule has 0 aliphatic carbocycles. The number of carbonyl (C=O) groups is 1. The van der Waals surface area contributed by atoms with E-state index in [0.29, 0.717) is 18.8 Å². The van der Waals surface area contributed by atoms with Crippen LogP contribution in [-0.4, -0.2) is 28.1 Å². The van der Waals surface area contributed by atoms with E-state index in [0.717, 1.165) is 11.4 Å². The molecule has 1 aromatic heterocycles. The van der Waals surface area contributed by atoms with Crippen molar-refractivity contribution in [3.05, 3.63) is 18.1 Å². The second-order valence-corrected chi connectivity index (χ2v) is 4.04. The minimum Gasteiger partial charge on any atom is -0.330 e. The summed E-state index contributed by atoms with van der Waals surface area (Å²) in [5, 5.41) is 5.57. The van der Waals surface area contributed by atoms with E-state index >= 15 is 0 Å². The van der Waals surface area contributed by atoms with Crippen molar-refractivity contribution in [3.8, 4) is 0 Å². The fraction of sp³-hybridized carbons (Fsp3) is 0.455. The number of hydrazone groups is 1. The van der Waals surface area contributed by atoms with Crippen molar-refractivity contribution >= 4 is 17.4 Å². The van der Waals surface area contributed by atoms with Gasteiger partial charge in [0.2, 0.25) is 0 Å². The van der Waals surface area contributed by atoms with E-state index in [1.807, 2.05) is 13.8 Å². The first-order chi connectivity index (χ1) is 8.13. The van der Waals surface area contributed by atoms with Gasteiger partial charge in [-0.25, -0.2) is 9.97 Å². The number of hydrogen-bond acceptors (Lipinski definition) is 5. The molecule has 0 fully saturated rings. The first kappa shape index (κ1) is 11.7. The van der Waals surface area contributed by atoms with E-state index in [4.69, 9.17) is 5.73 Å². The molecule has 6 heteroatoms. The van der Waals surface area contributed by atoms with Gasteiger partial charge in [0.15, 0.2) is 5.82 Å². The number of hydrogen-bond donors (Lipinski definition) is 1. The summed E-state index contributed by atoms with van der Waals surface area (Å²) in [4.78, 5) is 20.2. The van der Waals surface area contributed by atoms with E-state index in [2.05, 4.69) is 15.1 Å². The minimum absolute atomic E-state index is 0.0638. The van der Waals surface area contributed by atoms with E-state index < -0.39 is 0 Å². The summed E-state index contributed by atoms with van der Waals surface area (Å²) in [6.45, 7) is 4.16. The van der Waals surface area contributed by atoms with Gasteiger partial charge < -0.3 is 5.73 Å². The van der Waals surface area contributed by atoms with Gasteiger partial charge >= 0.3 is 0 Å². The van der Waals surface area contributed by atoms with Crippen LogP contribution in [-0.2, 0) is 4.79 Å². The fourth-order valence-electron chi connectivity index (χ4n) is 1.82. The van der Waals surface area contributed by atoms with Crippen LogP contribution in [0.5, 0.6) is 0 Å². The zero-order valence-corrected chi connectivity index (χ0v) is 9.92. The molecule has 6 nitrogen and oxygen atoms in total. The highest BCUT2D eigenvalue weighted by Gasteiger charge is 2.34. The van der Waals surface area contributed by atoms with Crippen molar-refractivity contribution in [2.45, 2.75) is 20.3 Å². The molecule has 0 radical (unpaired) electrons. The average Bonchev–Trinajstić information content (AvgIpc) is 2.57. The van der Waals surface area contributed by atoms with Gasteiger partial charge in [-0.3, -0.25) is 4.79 Å². The molecule has 0 aromatic carbocycles. The normalized spacial score (nSPS) is 19.7. The number of amides is 1. The molecule has 0 saturated heterocycles. The highest BCUT2D eigenvalue weighted by atomic mass is 16.2. The molecule has 1 aliphatic heterocycles. The fourth-order valence-corrected chi connectivity index (χ4v) is 1.82. The Hall–Kier alpha value is -1.82. The summed E-state index contributed by atoms with van der Waals surface area (Å²) >= 11 is 0. The molecule has 90 valence electrons. The molecular formula is C11H15N5O. The van der Waals surface area contributed by atoms with Crippen LogP contribution >= 0.6 is 0 Å². The second-order valence-electron chi connectivity index (χ2n) is 4.04. The van der Waals surface area contributed by atoms with Gasteiger partial charge in [-0.05, 0) is 26.8 Å². The van der Waals surface area contributed by atoms with Crippen molar-refractivity contribution in [2.75, 3.05) is 11.6 Å². The Balaban J connectivity index is 2.27. The third-order valence-electron chi connectivity index (χ3n) is 2.73. The van der Waals surface area contributed by atoms with Crippen molar-refractivity contribution in [1.29, 1.82) is 0 Å². The number of aromatic nitrogens is 2. The maximum atomic E-state index is 12.1. The van der Waals surface area contributed by atoms with E-state index in [-0.39, 0.29) is 11.8 Å². The Morgan fingerprint density at radius 1 is 1.41 bits per heavy atom. The Labute approximate surface area is 99.5 Å². The van der Waals surface area contributed by atoms with Gasteiger partial charge in [-0.15, -0.1) is 0 Å². The van der Waals surface area contributed by atoms with Crippen LogP contribution in [0.2, 0.25) is 0 Å². The molecule has 1 atom stereocenters. The lowest BCUT2D eigenvalue weighted by Crippen LogP contribution is -2.29. The highest BCUT2D eigenvalue weighted by molar-refractivity contribution is 6.14. The lowest BCUT2D eigenvalue weighted by Gasteiger charge is -2.12. The van der Waals surface area contributed by atoms with Gasteiger partial charge in [0.25, 0.3) is 5.91 Å². The van der Waals surface area contributed by atoms with Crippen LogP contribution in [0.3, 0.4) is 0 Å². The summed E-state index contributed by atoms with van der Waals surface area (Å²) in [6, 6.07) is 1.74. The molecule has 2 rings (SSSR count). The molecule has 17 heavy (non-hydrogen) atoms. The smallest absolute Gasteiger partial charge is 0.257 e. The maximum absolute atomic E-state index is 12.1. The molecule has 2 heterocycles. The Kier molecular flexibility index (Phi) is 3.14. The molecule has 2 N–H and O–H groups in total. The van der Waals surface area contributed by atoms with Crippen LogP contribution in [0.4, 0.5) is 5.82 Å². The standard InChI is InChI=1S/C11H15N5O/c1-7-5-10(14-6-13-7)16-11(17)9(3-4-12)8(2)15-16/h5-6,9H,3-4,12H2,1-2H3. The zero-order chi connectivity index (χ0) is 12.4. The number of rotatable bonds is 3. The molecular weight excluding hydrogens is 218 g/mol.